The molecule has 0 aliphatic carbocycles. The van der Waals surface area contributed by atoms with Crippen molar-refractivity contribution in [3.63, 3.8) is 0 Å². The van der Waals surface area contributed by atoms with E-state index in [2.05, 4.69) is 16.4 Å². The van der Waals surface area contributed by atoms with Gasteiger partial charge in [0.05, 0.1) is 12.3 Å². The van der Waals surface area contributed by atoms with Gasteiger partial charge in [-0.25, -0.2) is 0 Å². The van der Waals surface area contributed by atoms with Gasteiger partial charge in [-0.3, -0.25) is 4.98 Å². The van der Waals surface area contributed by atoms with Crippen LogP contribution in [0.2, 0.25) is 0 Å². The average Bonchev–Trinajstić information content (AvgIpc) is 2.48. The summed E-state index contributed by atoms with van der Waals surface area (Å²) in [6.07, 6.45) is 1.87. The third-order valence-electron chi connectivity index (χ3n) is 2.92. The first-order valence-electron chi connectivity index (χ1n) is 6.73. The highest BCUT2D eigenvalue weighted by molar-refractivity contribution is 5.33. The Balaban J connectivity index is 1.88. The number of rotatable bonds is 7. The first kappa shape index (κ1) is 14.5. The van der Waals surface area contributed by atoms with E-state index in [1.807, 2.05) is 43.5 Å². The summed E-state index contributed by atoms with van der Waals surface area (Å²) in [4.78, 5) is 4.35. The number of benzene rings is 1. The quantitative estimate of drug-likeness (QED) is 0.810. The molecule has 0 fully saturated rings. The van der Waals surface area contributed by atoms with E-state index in [1.54, 1.807) is 0 Å². The van der Waals surface area contributed by atoms with Crippen LogP contribution in [0.5, 0.6) is 5.75 Å². The number of hydrogen-bond acceptors (Lipinski definition) is 4. The summed E-state index contributed by atoms with van der Waals surface area (Å²) >= 11 is 0. The van der Waals surface area contributed by atoms with E-state index in [1.165, 1.54) is 0 Å². The molecule has 1 aromatic heterocycles. The highest BCUT2D eigenvalue weighted by atomic mass is 16.5. The number of pyridine rings is 1. The Morgan fingerprint density at radius 2 is 2.00 bits per heavy atom. The molecule has 2 N–H and O–H groups in total. The van der Waals surface area contributed by atoms with Crippen molar-refractivity contribution >= 4 is 0 Å². The molecule has 0 radical (unpaired) electrons. The average molecular weight is 272 g/mol. The first-order chi connectivity index (χ1) is 9.79. The van der Waals surface area contributed by atoms with E-state index in [0.717, 1.165) is 22.6 Å². The SMILES string of the molecule is Cc1ccc(CNCc2ccccc2OCCO)nc1. The molecule has 0 aliphatic rings. The summed E-state index contributed by atoms with van der Waals surface area (Å²) in [6, 6.07) is 11.9. The van der Waals surface area contributed by atoms with E-state index < -0.39 is 0 Å². The van der Waals surface area contributed by atoms with Gasteiger partial charge in [0.1, 0.15) is 12.4 Å². The smallest absolute Gasteiger partial charge is 0.123 e. The van der Waals surface area contributed by atoms with Crippen molar-refractivity contribution in [1.82, 2.24) is 10.3 Å². The number of ether oxygens (including phenoxy) is 1. The molecule has 106 valence electrons. The molecule has 4 heteroatoms. The van der Waals surface area contributed by atoms with Crippen LogP contribution in [0.15, 0.2) is 42.6 Å². The molecule has 1 heterocycles. The maximum atomic E-state index is 8.82. The monoisotopic (exact) mass is 272 g/mol. The molecule has 2 aromatic rings. The number of aliphatic hydroxyl groups excluding tert-OH is 1. The molecule has 0 saturated carbocycles. The van der Waals surface area contributed by atoms with Gasteiger partial charge in [0, 0.05) is 24.8 Å². The molecule has 0 atom stereocenters. The second-order valence-electron chi connectivity index (χ2n) is 4.61. The van der Waals surface area contributed by atoms with Gasteiger partial charge < -0.3 is 15.2 Å². The molecule has 0 amide bonds. The summed E-state index contributed by atoms with van der Waals surface area (Å²) in [7, 11) is 0. The van der Waals surface area contributed by atoms with E-state index in [4.69, 9.17) is 9.84 Å². The lowest BCUT2D eigenvalue weighted by Crippen LogP contribution is -2.15. The van der Waals surface area contributed by atoms with Gasteiger partial charge in [0.2, 0.25) is 0 Å². The van der Waals surface area contributed by atoms with Crippen molar-refractivity contribution in [2.24, 2.45) is 0 Å². The fraction of sp³-hybridized carbons (Fsp3) is 0.312. The number of hydrogen-bond donors (Lipinski definition) is 2. The van der Waals surface area contributed by atoms with Crippen LogP contribution < -0.4 is 10.1 Å². The molecule has 0 aliphatic heterocycles. The standard InChI is InChI=1S/C16H20N2O2/c1-13-6-7-15(18-10-13)12-17-11-14-4-2-3-5-16(14)20-9-8-19/h2-7,10,17,19H,8-9,11-12H2,1H3. The van der Waals surface area contributed by atoms with Crippen molar-refractivity contribution < 1.29 is 9.84 Å². The summed E-state index contributed by atoms with van der Waals surface area (Å²) in [5.41, 5.74) is 3.26. The van der Waals surface area contributed by atoms with Crippen molar-refractivity contribution in [1.29, 1.82) is 0 Å². The molecule has 4 nitrogen and oxygen atoms in total. The van der Waals surface area contributed by atoms with Crippen LogP contribution in [-0.4, -0.2) is 23.3 Å². The summed E-state index contributed by atoms with van der Waals surface area (Å²) in [5, 5.41) is 12.2. The minimum Gasteiger partial charge on any atom is -0.491 e. The molecule has 0 spiro atoms. The van der Waals surface area contributed by atoms with Crippen LogP contribution in [0.4, 0.5) is 0 Å². The number of nitrogens with one attached hydrogen (secondary N) is 1. The summed E-state index contributed by atoms with van der Waals surface area (Å²) < 4.78 is 5.50. The molecular weight excluding hydrogens is 252 g/mol. The van der Waals surface area contributed by atoms with Crippen LogP contribution in [0, 0.1) is 6.92 Å². The molecule has 0 bridgehead atoms. The fourth-order valence-electron chi connectivity index (χ4n) is 1.87. The van der Waals surface area contributed by atoms with E-state index in [-0.39, 0.29) is 6.61 Å². The van der Waals surface area contributed by atoms with Gasteiger partial charge in [-0.05, 0) is 24.6 Å². The number of aromatic nitrogens is 1. The maximum absolute atomic E-state index is 8.82. The number of para-hydroxylation sites is 1. The van der Waals surface area contributed by atoms with E-state index in [9.17, 15) is 0 Å². The van der Waals surface area contributed by atoms with Crippen LogP contribution in [0.25, 0.3) is 0 Å². The molecule has 0 saturated heterocycles. The zero-order valence-corrected chi connectivity index (χ0v) is 11.7. The zero-order chi connectivity index (χ0) is 14.2. The Hall–Kier alpha value is -1.91. The van der Waals surface area contributed by atoms with Gasteiger partial charge in [-0.1, -0.05) is 24.3 Å². The lowest BCUT2D eigenvalue weighted by Gasteiger charge is -2.11. The molecule has 0 unspecified atom stereocenters. The topological polar surface area (TPSA) is 54.4 Å². The maximum Gasteiger partial charge on any atom is 0.123 e. The van der Waals surface area contributed by atoms with Gasteiger partial charge in [-0.15, -0.1) is 0 Å². The zero-order valence-electron chi connectivity index (χ0n) is 11.7. The summed E-state index contributed by atoms with van der Waals surface area (Å²) in [5.74, 6) is 0.811. The van der Waals surface area contributed by atoms with E-state index >= 15 is 0 Å². The van der Waals surface area contributed by atoms with E-state index in [0.29, 0.717) is 19.7 Å². The van der Waals surface area contributed by atoms with Crippen LogP contribution >= 0.6 is 0 Å². The van der Waals surface area contributed by atoms with Gasteiger partial charge in [0.15, 0.2) is 0 Å². The third-order valence-corrected chi connectivity index (χ3v) is 2.92. The Labute approximate surface area is 119 Å². The predicted molar refractivity (Wildman–Crippen MR) is 78.5 cm³/mol. The second-order valence-corrected chi connectivity index (χ2v) is 4.61. The number of aryl methyl sites for hydroxylation is 1. The Morgan fingerprint density at radius 3 is 2.75 bits per heavy atom. The highest BCUT2D eigenvalue weighted by Crippen LogP contribution is 2.17. The van der Waals surface area contributed by atoms with Gasteiger partial charge >= 0.3 is 0 Å². The third kappa shape index (κ3) is 4.33. The Kier molecular flexibility index (Phi) is 5.53. The van der Waals surface area contributed by atoms with Crippen LogP contribution in [0.3, 0.4) is 0 Å². The minimum absolute atomic E-state index is 0.0229. The first-order valence-corrected chi connectivity index (χ1v) is 6.73. The predicted octanol–water partition coefficient (Wildman–Crippen LogP) is 2.05. The second kappa shape index (κ2) is 7.62. The molecule has 1 aromatic carbocycles. The summed E-state index contributed by atoms with van der Waals surface area (Å²) in [6.45, 7) is 3.79. The largest absolute Gasteiger partial charge is 0.491 e. The molecule has 2 rings (SSSR count). The molecular formula is C16H20N2O2. The Morgan fingerprint density at radius 1 is 1.15 bits per heavy atom. The Bertz CT molecular complexity index is 526. The lowest BCUT2D eigenvalue weighted by molar-refractivity contribution is 0.200. The molecule has 20 heavy (non-hydrogen) atoms. The van der Waals surface area contributed by atoms with Gasteiger partial charge in [-0.2, -0.15) is 0 Å². The van der Waals surface area contributed by atoms with Crippen LogP contribution in [-0.2, 0) is 13.1 Å². The lowest BCUT2D eigenvalue weighted by atomic mass is 10.2. The van der Waals surface area contributed by atoms with Crippen molar-refractivity contribution in [3.8, 4) is 5.75 Å². The number of aliphatic hydroxyl groups is 1. The normalized spacial score (nSPS) is 10.5. The van der Waals surface area contributed by atoms with Crippen molar-refractivity contribution in [2.45, 2.75) is 20.0 Å². The minimum atomic E-state index is 0.0229. The van der Waals surface area contributed by atoms with Crippen molar-refractivity contribution in [2.75, 3.05) is 13.2 Å². The number of nitrogens with zero attached hydrogens (tertiary/aromatic N) is 1. The fourth-order valence-corrected chi connectivity index (χ4v) is 1.87. The van der Waals surface area contributed by atoms with Crippen LogP contribution in [0.1, 0.15) is 16.8 Å². The van der Waals surface area contributed by atoms with Gasteiger partial charge in [0.25, 0.3) is 0 Å². The van der Waals surface area contributed by atoms with Crippen molar-refractivity contribution in [3.05, 3.63) is 59.4 Å². The highest BCUT2D eigenvalue weighted by Gasteiger charge is 2.02.